The van der Waals surface area contributed by atoms with Crippen molar-refractivity contribution in [2.45, 2.75) is 57.8 Å². The molecule has 2 fully saturated rings. The maximum Gasteiger partial charge on any atom is 0.0865 e. The normalized spacial score (nSPS) is 32.3. The van der Waals surface area contributed by atoms with Crippen molar-refractivity contribution in [2.24, 2.45) is 5.92 Å². The lowest BCUT2D eigenvalue weighted by Crippen LogP contribution is -2.57. The van der Waals surface area contributed by atoms with Gasteiger partial charge in [0.1, 0.15) is 0 Å². The Morgan fingerprint density at radius 1 is 1.11 bits per heavy atom. The van der Waals surface area contributed by atoms with Crippen LogP contribution in [0.3, 0.4) is 0 Å². The van der Waals surface area contributed by atoms with Crippen molar-refractivity contribution in [3.63, 3.8) is 0 Å². The number of nitrogens with zero attached hydrogens (tertiary/aromatic N) is 1. The minimum atomic E-state index is 0.403. The Morgan fingerprint density at radius 3 is 2.58 bits per heavy atom. The van der Waals surface area contributed by atoms with Crippen molar-refractivity contribution in [3.05, 3.63) is 35.9 Å². The topological polar surface area (TPSA) is 15.3 Å². The van der Waals surface area contributed by atoms with Crippen LogP contribution in [0.4, 0.5) is 0 Å². The third-order valence-corrected chi connectivity index (χ3v) is 4.84. The molecular weight excluding hydrogens is 232 g/mol. The second kappa shape index (κ2) is 5.64. The SMILES string of the molecule is CC(C)N1C[C@@H]2CCCC[C@H]2N[C@H]1c1ccccc1. The average Bonchev–Trinajstić information content (AvgIpc) is 2.46. The van der Waals surface area contributed by atoms with Gasteiger partial charge in [-0.25, -0.2) is 0 Å². The average molecular weight is 258 g/mol. The number of hydrogen-bond acceptors (Lipinski definition) is 2. The highest BCUT2D eigenvalue weighted by Gasteiger charge is 2.37. The Labute approximate surface area is 117 Å². The quantitative estimate of drug-likeness (QED) is 0.872. The first-order valence-electron chi connectivity index (χ1n) is 7.82. The molecule has 1 saturated heterocycles. The molecule has 3 atom stereocenters. The molecule has 1 aliphatic heterocycles. The standard InChI is InChI=1S/C17H26N2/c1-13(2)19-12-15-10-6-7-11-16(15)18-17(19)14-8-4-3-5-9-14/h3-5,8-9,13,15-18H,6-7,10-12H2,1-2H3/t15-,16+,17+/m0/s1. The largest absolute Gasteiger partial charge is 0.295 e. The molecule has 1 saturated carbocycles. The minimum absolute atomic E-state index is 0.403. The number of rotatable bonds is 2. The molecule has 1 aromatic carbocycles. The molecule has 0 bridgehead atoms. The predicted molar refractivity (Wildman–Crippen MR) is 79.9 cm³/mol. The predicted octanol–water partition coefficient (Wildman–Crippen LogP) is 3.56. The van der Waals surface area contributed by atoms with Gasteiger partial charge < -0.3 is 0 Å². The van der Waals surface area contributed by atoms with Crippen LogP contribution in [-0.4, -0.2) is 23.5 Å². The summed E-state index contributed by atoms with van der Waals surface area (Å²) in [7, 11) is 0. The van der Waals surface area contributed by atoms with Gasteiger partial charge in [0, 0.05) is 18.6 Å². The number of fused-ring (bicyclic) bond motifs is 1. The summed E-state index contributed by atoms with van der Waals surface area (Å²) in [5, 5.41) is 3.93. The molecule has 0 aromatic heterocycles. The van der Waals surface area contributed by atoms with Crippen molar-refractivity contribution >= 4 is 0 Å². The summed E-state index contributed by atoms with van der Waals surface area (Å²) in [5.41, 5.74) is 1.42. The molecular formula is C17H26N2. The molecule has 1 aromatic rings. The molecule has 3 rings (SSSR count). The lowest BCUT2D eigenvalue weighted by atomic mass is 9.81. The van der Waals surface area contributed by atoms with Crippen molar-refractivity contribution in [3.8, 4) is 0 Å². The second-order valence-electron chi connectivity index (χ2n) is 6.42. The zero-order valence-electron chi connectivity index (χ0n) is 12.2. The van der Waals surface area contributed by atoms with E-state index < -0.39 is 0 Å². The molecule has 1 heterocycles. The minimum Gasteiger partial charge on any atom is -0.295 e. The van der Waals surface area contributed by atoms with E-state index in [-0.39, 0.29) is 0 Å². The highest BCUT2D eigenvalue weighted by molar-refractivity contribution is 5.20. The van der Waals surface area contributed by atoms with Gasteiger partial charge in [-0.2, -0.15) is 0 Å². The summed E-state index contributed by atoms with van der Waals surface area (Å²) in [6.07, 6.45) is 5.99. The van der Waals surface area contributed by atoms with E-state index in [0.29, 0.717) is 12.2 Å². The fraction of sp³-hybridized carbons (Fsp3) is 0.647. The van der Waals surface area contributed by atoms with Crippen molar-refractivity contribution < 1.29 is 0 Å². The van der Waals surface area contributed by atoms with Crippen LogP contribution < -0.4 is 5.32 Å². The van der Waals surface area contributed by atoms with Gasteiger partial charge >= 0.3 is 0 Å². The van der Waals surface area contributed by atoms with E-state index in [1.807, 2.05) is 0 Å². The summed E-state index contributed by atoms with van der Waals surface area (Å²) in [6, 6.07) is 12.3. The fourth-order valence-corrected chi connectivity index (χ4v) is 3.75. The molecule has 19 heavy (non-hydrogen) atoms. The van der Waals surface area contributed by atoms with E-state index in [9.17, 15) is 0 Å². The number of hydrogen-bond donors (Lipinski definition) is 1. The van der Waals surface area contributed by atoms with Crippen LogP contribution in [-0.2, 0) is 0 Å². The van der Waals surface area contributed by atoms with Gasteiger partial charge in [0.25, 0.3) is 0 Å². The van der Waals surface area contributed by atoms with Crippen LogP contribution >= 0.6 is 0 Å². The van der Waals surface area contributed by atoms with E-state index in [1.54, 1.807) is 0 Å². The highest BCUT2D eigenvalue weighted by Crippen LogP contribution is 2.35. The summed E-state index contributed by atoms with van der Waals surface area (Å²) >= 11 is 0. The lowest BCUT2D eigenvalue weighted by Gasteiger charge is -2.49. The third kappa shape index (κ3) is 2.70. The van der Waals surface area contributed by atoms with Gasteiger partial charge in [-0.05, 0) is 38.2 Å². The van der Waals surface area contributed by atoms with E-state index in [1.165, 1.54) is 37.8 Å². The Balaban J connectivity index is 1.83. The van der Waals surface area contributed by atoms with Crippen LogP contribution in [0.15, 0.2) is 30.3 Å². The highest BCUT2D eigenvalue weighted by atomic mass is 15.3. The molecule has 104 valence electrons. The molecule has 2 aliphatic rings. The smallest absolute Gasteiger partial charge is 0.0865 e. The molecule has 1 aliphatic carbocycles. The Bertz CT molecular complexity index is 401. The maximum atomic E-state index is 3.93. The van der Waals surface area contributed by atoms with E-state index in [2.05, 4.69) is 54.4 Å². The van der Waals surface area contributed by atoms with Crippen molar-refractivity contribution in [1.29, 1.82) is 0 Å². The summed E-state index contributed by atoms with van der Waals surface area (Å²) in [5.74, 6) is 0.858. The summed E-state index contributed by atoms with van der Waals surface area (Å²) in [6.45, 7) is 5.90. The molecule has 0 radical (unpaired) electrons. The Morgan fingerprint density at radius 2 is 1.84 bits per heavy atom. The molecule has 2 nitrogen and oxygen atoms in total. The van der Waals surface area contributed by atoms with Gasteiger partial charge in [0.15, 0.2) is 0 Å². The van der Waals surface area contributed by atoms with Gasteiger partial charge in [0.2, 0.25) is 0 Å². The molecule has 2 heteroatoms. The monoisotopic (exact) mass is 258 g/mol. The zero-order valence-corrected chi connectivity index (χ0v) is 12.2. The van der Waals surface area contributed by atoms with Gasteiger partial charge in [-0.15, -0.1) is 0 Å². The Hall–Kier alpha value is -0.860. The number of nitrogens with one attached hydrogen (secondary N) is 1. The molecule has 1 N–H and O–H groups in total. The first-order valence-corrected chi connectivity index (χ1v) is 7.82. The van der Waals surface area contributed by atoms with Crippen LogP contribution in [0.2, 0.25) is 0 Å². The van der Waals surface area contributed by atoms with Crippen LogP contribution in [0.1, 0.15) is 51.3 Å². The van der Waals surface area contributed by atoms with E-state index in [4.69, 9.17) is 0 Å². The van der Waals surface area contributed by atoms with Crippen LogP contribution in [0, 0.1) is 5.92 Å². The van der Waals surface area contributed by atoms with Crippen LogP contribution in [0.25, 0.3) is 0 Å². The van der Waals surface area contributed by atoms with Gasteiger partial charge in [0.05, 0.1) is 6.17 Å². The fourth-order valence-electron chi connectivity index (χ4n) is 3.75. The van der Waals surface area contributed by atoms with Gasteiger partial charge in [-0.1, -0.05) is 43.2 Å². The van der Waals surface area contributed by atoms with Gasteiger partial charge in [-0.3, -0.25) is 10.2 Å². The first kappa shape index (κ1) is 13.1. The Kier molecular flexibility index (Phi) is 3.90. The van der Waals surface area contributed by atoms with Crippen molar-refractivity contribution in [1.82, 2.24) is 10.2 Å². The van der Waals surface area contributed by atoms with E-state index in [0.717, 1.165) is 12.0 Å². The first-order chi connectivity index (χ1) is 9.25. The summed E-state index contributed by atoms with van der Waals surface area (Å²) in [4.78, 5) is 2.64. The van der Waals surface area contributed by atoms with E-state index >= 15 is 0 Å². The van der Waals surface area contributed by atoms with Crippen LogP contribution in [0.5, 0.6) is 0 Å². The third-order valence-electron chi connectivity index (χ3n) is 4.84. The molecule has 0 unspecified atom stereocenters. The number of benzene rings is 1. The second-order valence-corrected chi connectivity index (χ2v) is 6.42. The van der Waals surface area contributed by atoms with Crippen molar-refractivity contribution in [2.75, 3.05) is 6.54 Å². The lowest BCUT2D eigenvalue weighted by molar-refractivity contribution is 0.0184. The maximum absolute atomic E-state index is 3.93. The zero-order chi connectivity index (χ0) is 13.2. The summed E-state index contributed by atoms with van der Waals surface area (Å²) < 4.78 is 0. The molecule has 0 amide bonds. The molecule has 0 spiro atoms.